The van der Waals surface area contributed by atoms with Gasteiger partial charge in [-0.25, -0.2) is 9.98 Å². The Balaban J connectivity index is 0.962. The normalized spacial score (nSPS) is 14.5. The molecule has 0 amide bonds. The van der Waals surface area contributed by atoms with Crippen LogP contribution in [0.2, 0.25) is 0 Å². The third kappa shape index (κ3) is 5.15. The molecule has 1 unspecified atom stereocenters. The lowest BCUT2D eigenvalue weighted by Crippen LogP contribution is -2.33. The standard InChI is InChI=1S/C51H32N4OS/c1-3-12-31(13-4-1)49-52-50(32-14-5-2-6-15-32)54-51(53-49)34-22-25-45-40(29-34)39-19-11-18-36(48(39)56-45)33-23-26-46-41(28-33)42-30-35(24-27-47(42)57-46)55-43-20-9-7-16-37(43)38-17-8-10-21-44(38)55/h1-30,51H,(H,52,53,54). The molecule has 1 aliphatic rings. The number of nitrogens with one attached hydrogen (secondary N) is 1. The Labute approximate surface area is 331 Å². The van der Waals surface area contributed by atoms with Crippen molar-refractivity contribution in [2.75, 3.05) is 0 Å². The molecule has 0 saturated carbocycles. The zero-order chi connectivity index (χ0) is 37.5. The summed E-state index contributed by atoms with van der Waals surface area (Å²) < 4.78 is 11.6. The highest BCUT2D eigenvalue weighted by Crippen LogP contribution is 2.42. The van der Waals surface area contributed by atoms with E-state index in [0.717, 1.165) is 61.3 Å². The Hall–Kier alpha value is -7.28. The molecule has 6 heteroatoms. The van der Waals surface area contributed by atoms with Crippen molar-refractivity contribution in [1.29, 1.82) is 0 Å². The van der Waals surface area contributed by atoms with Gasteiger partial charge in [0.25, 0.3) is 0 Å². The summed E-state index contributed by atoms with van der Waals surface area (Å²) in [7, 11) is 0. The highest BCUT2D eigenvalue weighted by atomic mass is 32.1. The molecule has 1 atom stereocenters. The van der Waals surface area contributed by atoms with Gasteiger partial charge in [0.05, 0.1) is 11.0 Å². The molecule has 0 saturated heterocycles. The van der Waals surface area contributed by atoms with Gasteiger partial charge in [0.15, 0.2) is 5.84 Å². The number of para-hydroxylation sites is 3. The summed E-state index contributed by atoms with van der Waals surface area (Å²) in [6.45, 7) is 0. The maximum atomic E-state index is 6.71. The average Bonchev–Trinajstić information content (AvgIpc) is 3.95. The Morgan fingerprint density at radius 3 is 1.95 bits per heavy atom. The van der Waals surface area contributed by atoms with Gasteiger partial charge in [0.1, 0.15) is 23.2 Å². The van der Waals surface area contributed by atoms with E-state index in [0.29, 0.717) is 5.84 Å². The van der Waals surface area contributed by atoms with Gasteiger partial charge >= 0.3 is 0 Å². The average molecular weight is 749 g/mol. The molecule has 0 radical (unpaired) electrons. The molecule has 57 heavy (non-hydrogen) atoms. The van der Waals surface area contributed by atoms with Crippen LogP contribution in [-0.4, -0.2) is 16.2 Å². The van der Waals surface area contributed by atoms with Crippen molar-refractivity contribution in [3.05, 3.63) is 199 Å². The second-order valence-electron chi connectivity index (χ2n) is 14.6. The first-order chi connectivity index (χ1) is 28.2. The van der Waals surface area contributed by atoms with E-state index in [1.807, 2.05) is 47.7 Å². The molecule has 12 rings (SSSR count). The van der Waals surface area contributed by atoms with Crippen LogP contribution in [0.25, 0.3) is 80.7 Å². The maximum absolute atomic E-state index is 6.71. The predicted molar refractivity (Wildman–Crippen MR) is 238 cm³/mol. The number of thiophene rings is 1. The van der Waals surface area contributed by atoms with Crippen LogP contribution in [0.1, 0.15) is 22.9 Å². The van der Waals surface area contributed by atoms with Crippen molar-refractivity contribution in [3.63, 3.8) is 0 Å². The Kier molecular flexibility index (Phi) is 7.09. The second-order valence-corrected chi connectivity index (χ2v) is 15.7. The lowest BCUT2D eigenvalue weighted by atomic mass is 9.99. The van der Waals surface area contributed by atoms with Gasteiger partial charge in [-0.05, 0) is 65.7 Å². The minimum atomic E-state index is -0.327. The minimum absolute atomic E-state index is 0.327. The number of rotatable bonds is 5. The van der Waals surface area contributed by atoms with Gasteiger partial charge < -0.3 is 14.3 Å². The van der Waals surface area contributed by atoms with Crippen LogP contribution in [0.15, 0.2) is 196 Å². The third-order valence-electron chi connectivity index (χ3n) is 11.3. The number of furan rings is 1. The van der Waals surface area contributed by atoms with Crippen LogP contribution in [-0.2, 0) is 0 Å². The van der Waals surface area contributed by atoms with Crippen molar-refractivity contribution < 1.29 is 4.42 Å². The van der Waals surface area contributed by atoms with Crippen molar-refractivity contribution >= 4 is 86.9 Å². The van der Waals surface area contributed by atoms with Crippen LogP contribution in [0.4, 0.5) is 0 Å². The Morgan fingerprint density at radius 1 is 0.509 bits per heavy atom. The van der Waals surface area contributed by atoms with E-state index < -0.39 is 0 Å². The first kappa shape index (κ1) is 32.0. The van der Waals surface area contributed by atoms with Crippen molar-refractivity contribution in [3.8, 4) is 16.8 Å². The molecule has 11 aromatic rings. The van der Waals surface area contributed by atoms with Gasteiger partial charge in [-0.3, -0.25) is 0 Å². The molecule has 268 valence electrons. The largest absolute Gasteiger partial charge is 0.455 e. The first-order valence-electron chi connectivity index (χ1n) is 19.2. The SMILES string of the molecule is c1ccc(C2=NC(c3ccc4oc5c(-c6ccc7sc8ccc(-n9c%10ccccc%10c%10ccccc%109)cc8c7c6)cccc5c4c3)NC(c3ccccc3)=N2)cc1. The minimum Gasteiger partial charge on any atom is -0.455 e. The molecule has 0 spiro atoms. The fraction of sp³-hybridized carbons (Fsp3) is 0.0196. The van der Waals surface area contributed by atoms with E-state index >= 15 is 0 Å². The topological polar surface area (TPSA) is 54.8 Å². The Bertz CT molecular complexity index is 3390. The summed E-state index contributed by atoms with van der Waals surface area (Å²) >= 11 is 1.84. The number of aromatic nitrogens is 1. The molecule has 3 aromatic heterocycles. The zero-order valence-corrected chi connectivity index (χ0v) is 31.4. The van der Waals surface area contributed by atoms with Crippen LogP contribution in [0, 0.1) is 0 Å². The van der Waals surface area contributed by atoms with Crippen LogP contribution in [0.3, 0.4) is 0 Å². The first-order valence-corrected chi connectivity index (χ1v) is 20.0. The van der Waals surface area contributed by atoms with Crippen LogP contribution < -0.4 is 5.32 Å². The summed E-state index contributed by atoms with van der Waals surface area (Å²) in [5.74, 6) is 1.50. The summed E-state index contributed by atoms with van der Waals surface area (Å²) in [4.78, 5) is 10.1. The second kappa shape index (κ2) is 12.6. The smallest absolute Gasteiger partial charge is 0.159 e. The fourth-order valence-electron chi connectivity index (χ4n) is 8.57. The quantitative estimate of drug-likeness (QED) is 0.191. The number of amidine groups is 2. The Morgan fingerprint density at radius 2 is 1.18 bits per heavy atom. The van der Waals surface area contributed by atoms with Crippen LogP contribution >= 0.6 is 11.3 Å². The molecular weight excluding hydrogens is 717 g/mol. The van der Waals surface area contributed by atoms with E-state index in [1.54, 1.807) is 0 Å². The number of benzene rings is 8. The van der Waals surface area contributed by atoms with E-state index in [9.17, 15) is 0 Å². The lowest BCUT2D eigenvalue weighted by molar-refractivity contribution is 0.664. The summed E-state index contributed by atoms with van der Waals surface area (Å²) in [5.41, 5.74) is 10.6. The van der Waals surface area contributed by atoms with Gasteiger partial charge in [0, 0.05) is 64.1 Å². The molecule has 0 bridgehead atoms. The summed E-state index contributed by atoms with van der Waals surface area (Å²) in [5, 5.41) is 10.8. The zero-order valence-electron chi connectivity index (χ0n) is 30.6. The molecule has 5 nitrogen and oxygen atoms in total. The fourth-order valence-corrected chi connectivity index (χ4v) is 9.63. The van der Waals surface area contributed by atoms with Gasteiger partial charge in [-0.2, -0.15) is 0 Å². The number of aliphatic imine (C=N–C) groups is 2. The van der Waals surface area contributed by atoms with E-state index in [1.165, 1.54) is 42.0 Å². The number of fused-ring (bicyclic) bond motifs is 9. The van der Waals surface area contributed by atoms with E-state index in [4.69, 9.17) is 14.4 Å². The van der Waals surface area contributed by atoms with Crippen molar-refractivity contribution in [1.82, 2.24) is 9.88 Å². The third-order valence-corrected chi connectivity index (χ3v) is 12.4. The van der Waals surface area contributed by atoms with Crippen molar-refractivity contribution in [2.24, 2.45) is 9.98 Å². The molecule has 1 N–H and O–H groups in total. The van der Waals surface area contributed by atoms with E-state index in [-0.39, 0.29) is 6.17 Å². The lowest BCUT2D eigenvalue weighted by Gasteiger charge is -2.23. The molecule has 8 aromatic carbocycles. The predicted octanol–water partition coefficient (Wildman–Crippen LogP) is 13.2. The highest BCUT2D eigenvalue weighted by molar-refractivity contribution is 7.25. The highest BCUT2D eigenvalue weighted by Gasteiger charge is 2.23. The van der Waals surface area contributed by atoms with Gasteiger partial charge in [-0.1, -0.05) is 127 Å². The molecule has 0 fully saturated rings. The maximum Gasteiger partial charge on any atom is 0.159 e. The van der Waals surface area contributed by atoms with Crippen LogP contribution in [0.5, 0.6) is 0 Å². The van der Waals surface area contributed by atoms with Gasteiger partial charge in [-0.15, -0.1) is 11.3 Å². The molecule has 4 heterocycles. The molecular formula is C51H32N4OS. The summed E-state index contributed by atoms with van der Waals surface area (Å²) in [6, 6.07) is 64.4. The van der Waals surface area contributed by atoms with Gasteiger partial charge in [0.2, 0.25) is 0 Å². The molecule has 0 aliphatic carbocycles. The summed E-state index contributed by atoms with van der Waals surface area (Å²) in [6.07, 6.45) is -0.327. The van der Waals surface area contributed by atoms with E-state index in [2.05, 4.69) is 155 Å². The monoisotopic (exact) mass is 748 g/mol. The number of hydrogen-bond donors (Lipinski definition) is 1. The van der Waals surface area contributed by atoms with Crippen molar-refractivity contribution in [2.45, 2.75) is 6.17 Å². The molecule has 1 aliphatic heterocycles. The number of nitrogens with zero attached hydrogens (tertiary/aromatic N) is 3. The number of hydrogen-bond acceptors (Lipinski definition) is 5.